The molecule has 86 heavy (non-hydrogen) atoms. The van der Waals surface area contributed by atoms with Crippen LogP contribution in [0.25, 0.3) is 43.9 Å². The molecule has 0 radical (unpaired) electrons. The van der Waals surface area contributed by atoms with Crippen LogP contribution in [0.1, 0.15) is 100 Å². The van der Waals surface area contributed by atoms with Crippen molar-refractivity contribution in [2.75, 3.05) is 13.2 Å². The van der Waals surface area contributed by atoms with Gasteiger partial charge in [0.25, 0.3) is 0 Å². The standard InChI is InChI=1S/2C31H38F2N4O5Si/c1-19-15-24(41-28(32)33)25(21-11-12-36(26(19)21)29(38)42-30(2,3)4)31(5,39)27-35-22-16-20(17-34)9-10-23(22)37(27)18-40-13-14-43(6,7)8;1-19-15-24(41-28(32)33)25(21-11-12-36(26(19)21)29(38)42-30(2,3)4)31(5,39)27-35-22-10-9-20(17-34)16-23(22)37(27)18-40-13-14-43(6,7)8/h2*9-12,15-16,28,39H,13-14,18H2,1-8H3. The second kappa shape index (κ2) is 25.0. The quantitative estimate of drug-likeness (QED) is 0.0463. The number of aliphatic hydroxyl groups is 2. The smallest absolute Gasteiger partial charge is 0.419 e. The Morgan fingerprint density at radius 3 is 1.37 bits per heavy atom. The maximum absolute atomic E-state index is 13.7. The van der Waals surface area contributed by atoms with Gasteiger partial charge in [0.15, 0.2) is 0 Å². The molecule has 0 aliphatic heterocycles. The third kappa shape index (κ3) is 15.0. The molecule has 0 aliphatic rings. The topological polar surface area (TPSA) is 223 Å². The third-order valence-electron chi connectivity index (χ3n) is 13.9. The van der Waals surface area contributed by atoms with E-state index in [1.165, 1.54) is 47.5 Å². The van der Waals surface area contributed by atoms with E-state index in [4.69, 9.17) is 33.4 Å². The van der Waals surface area contributed by atoms with E-state index in [1.54, 1.807) is 113 Å². The first-order chi connectivity index (χ1) is 39.8. The molecule has 2 atom stereocenters. The Kier molecular flexibility index (Phi) is 19.2. The van der Waals surface area contributed by atoms with Crippen LogP contribution in [0.15, 0.2) is 73.1 Å². The van der Waals surface area contributed by atoms with Gasteiger partial charge in [0.1, 0.15) is 59.0 Å². The molecule has 0 fully saturated rings. The van der Waals surface area contributed by atoms with Crippen LogP contribution in [0.5, 0.6) is 11.5 Å². The first-order valence-corrected chi connectivity index (χ1v) is 35.4. The minimum absolute atomic E-state index is 0.000305. The predicted octanol–water partition coefficient (Wildman–Crippen LogP) is 14.2. The third-order valence-corrected chi connectivity index (χ3v) is 17.3. The molecule has 0 bridgehead atoms. The van der Waals surface area contributed by atoms with Gasteiger partial charge in [-0.2, -0.15) is 28.1 Å². The van der Waals surface area contributed by atoms with Gasteiger partial charge in [-0.25, -0.2) is 19.6 Å². The molecule has 24 heteroatoms. The van der Waals surface area contributed by atoms with Gasteiger partial charge in [0.2, 0.25) is 0 Å². The summed E-state index contributed by atoms with van der Waals surface area (Å²) in [5.41, 5.74) is -1.17. The zero-order valence-corrected chi connectivity index (χ0v) is 53.6. The number of fused-ring (bicyclic) bond motifs is 4. The summed E-state index contributed by atoms with van der Waals surface area (Å²) in [5, 5.41) is 44.3. The highest BCUT2D eigenvalue weighted by molar-refractivity contribution is 6.76. The molecule has 18 nitrogen and oxygen atoms in total. The van der Waals surface area contributed by atoms with Crippen LogP contribution >= 0.6 is 0 Å². The number of carbonyl (C=O) groups is 2. The summed E-state index contributed by atoms with van der Waals surface area (Å²) >= 11 is 0. The summed E-state index contributed by atoms with van der Waals surface area (Å²) in [6.45, 7) is 24.6. The van der Waals surface area contributed by atoms with Gasteiger partial charge in [-0.05, 0) is 153 Å². The van der Waals surface area contributed by atoms with Crippen LogP contribution in [0, 0.1) is 36.5 Å². The largest absolute Gasteiger partial charge is 0.443 e. The summed E-state index contributed by atoms with van der Waals surface area (Å²) in [7, 11) is -2.79. The predicted molar refractivity (Wildman–Crippen MR) is 324 cm³/mol. The lowest BCUT2D eigenvalue weighted by molar-refractivity contribution is -0.0536. The SMILES string of the molecule is Cc1cc(OC(F)F)c(C(C)(O)c2nc3cc(C#N)ccc3n2COCC[Si](C)(C)C)c2ccn(C(=O)OC(C)(C)C)c12.Cc1cc(OC(F)F)c(C(C)(O)c2nc3ccc(C#N)cc3n2COCC[Si](C)(C)C)c2ccn(C(=O)OC(C)(C)C)c12. The maximum Gasteiger partial charge on any atom is 0.419 e. The van der Waals surface area contributed by atoms with Gasteiger partial charge < -0.3 is 47.8 Å². The Balaban J connectivity index is 0.000000246. The molecule has 4 heterocycles. The van der Waals surface area contributed by atoms with Crippen LogP contribution < -0.4 is 9.47 Å². The van der Waals surface area contributed by atoms with Crippen LogP contribution in [0.3, 0.4) is 0 Å². The second-order valence-corrected chi connectivity index (χ2v) is 37.2. The fourth-order valence-corrected chi connectivity index (χ4v) is 11.5. The molecule has 8 rings (SSSR count). The highest BCUT2D eigenvalue weighted by Gasteiger charge is 2.41. The average molecular weight is 1230 g/mol. The molecule has 0 spiro atoms. The van der Waals surface area contributed by atoms with Gasteiger partial charge in [-0.1, -0.05) is 39.3 Å². The van der Waals surface area contributed by atoms with E-state index in [9.17, 15) is 47.9 Å². The van der Waals surface area contributed by atoms with Crippen LogP contribution in [-0.2, 0) is 43.6 Å². The van der Waals surface area contributed by atoms with E-state index < -0.39 is 64.0 Å². The normalized spacial score (nSPS) is 13.8. The van der Waals surface area contributed by atoms with Crippen molar-refractivity contribution < 1.29 is 65.8 Å². The molecule has 4 aromatic carbocycles. The summed E-state index contributed by atoms with van der Waals surface area (Å²) in [6, 6.07) is 21.7. The van der Waals surface area contributed by atoms with Crippen molar-refractivity contribution in [3.63, 3.8) is 0 Å². The lowest BCUT2D eigenvalue weighted by Crippen LogP contribution is -2.30. The summed E-state index contributed by atoms with van der Waals surface area (Å²) in [4.78, 5) is 35.6. The van der Waals surface area contributed by atoms with Crippen molar-refractivity contribution in [2.24, 2.45) is 0 Å². The lowest BCUT2D eigenvalue weighted by atomic mass is 9.89. The molecule has 0 saturated heterocycles. The fourth-order valence-electron chi connectivity index (χ4n) is 10.0. The first-order valence-electron chi connectivity index (χ1n) is 27.9. The van der Waals surface area contributed by atoms with E-state index in [-0.39, 0.29) is 47.7 Å². The molecule has 2 unspecified atom stereocenters. The number of benzene rings is 4. The highest BCUT2D eigenvalue weighted by Crippen LogP contribution is 2.46. The minimum Gasteiger partial charge on any atom is -0.443 e. The van der Waals surface area contributed by atoms with Crippen molar-refractivity contribution in [2.45, 2.75) is 170 Å². The van der Waals surface area contributed by atoms with E-state index in [0.717, 1.165) is 12.1 Å². The second-order valence-electron chi connectivity index (χ2n) is 25.9. The average Bonchev–Trinajstić information content (AvgIpc) is 2.06. The van der Waals surface area contributed by atoms with E-state index in [2.05, 4.69) is 56.4 Å². The Bertz CT molecular complexity index is 3780. The van der Waals surface area contributed by atoms with Crippen molar-refractivity contribution in [1.29, 1.82) is 10.5 Å². The van der Waals surface area contributed by atoms with Crippen molar-refractivity contribution in [1.82, 2.24) is 28.2 Å². The zero-order valence-electron chi connectivity index (χ0n) is 51.6. The molecule has 2 N–H and O–H groups in total. The van der Waals surface area contributed by atoms with Crippen molar-refractivity contribution in [3.05, 3.63) is 118 Å². The van der Waals surface area contributed by atoms with E-state index >= 15 is 0 Å². The number of hydrogen-bond acceptors (Lipinski definition) is 14. The number of hydrogen-bond donors (Lipinski definition) is 2. The van der Waals surface area contributed by atoms with Gasteiger partial charge in [0.05, 0.1) is 56.4 Å². The number of nitrogens with zero attached hydrogens (tertiary/aromatic N) is 8. The Morgan fingerprint density at radius 1 is 0.581 bits per heavy atom. The van der Waals surface area contributed by atoms with Gasteiger partial charge in [-0.15, -0.1) is 0 Å². The number of halogens is 4. The van der Waals surface area contributed by atoms with Crippen LogP contribution in [0.4, 0.5) is 27.2 Å². The number of ether oxygens (including phenoxy) is 6. The summed E-state index contributed by atoms with van der Waals surface area (Å²) in [5.74, 6) is -0.328. The monoisotopic (exact) mass is 1220 g/mol. The number of imidazole rings is 2. The molecule has 4 aromatic heterocycles. The number of aryl methyl sites for hydroxylation is 2. The van der Waals surface area contributed by atoms with E-state index in [1.807, 2.05) is 0 Å². The number of alkyl halides is 4. The Labute approximate surface area is 499 Å². The Hall–Kier alpha value is -7.59. The lowest BCUT2D eigenvalue weighted by Gasteiger charge is -2.28. The molecule has 460 valence electrons. The van der Waals surface area contributed by atoms with Gasteiger partial charge in [0, 0.05) is 63.7 Å². The van der Waals surface area contributed by atoms with Crippen molar-refractivity contribution in [3.8, 4) is 23.6 Å². The van der Waals surface area contributed by atoms with Crippen molar-refractivity contribution >= 4 is 72.2 Å². The Morgan fingerprint density at radius 2 is 0.977 bits per heavy atom. The summed E-state index contributed by atoms with van der Waals surface area (Å²) < 4.78 is 93.9. The highest BCUT2D eigenvalue weighted by atomic mass is 28.3. The number of rotatable bonds is 18. The van der Waals surface area contributed by atoms with Gasteiger partial charge >= 0.3 is 25.4 Å². The fraction of sp³-hybridized carbons (Fsp3) is 0.452. The first kappa shape index (κ1) is 65.9. The van der Waals surface area contributed by atoms with Crippen LogP contribution in [-0.4, -0.2) is 104 Å². The van der Waals surface area contributed by atoms with E-state index in [0.29, 0.717) is 79.3 Å². The molecule has 0 aliphatic carbocycles. The maximum atomic E-state index is 13.7. The number of nitriles is 2. The number of carbonyl (C=O) groups excluding carboxylic acids is 2. The minimum atomic E-state index is -3.18. The summed E-state index contributed by atoms with van der Waals surface area (Å²) in [6.07, 6.45) is 1.62. The molecule has 0 amide bonds. The molecular weight excluding hydrogens is 1150 g/mol. The zero-order chi connectivity index (χ0) is 63.8. The number of aromatic nitrogens is 6. The molecular formula is C62H76F4N8O10Si2. The van der Waals surface area contributed by atoms with Crippen LogP contribution in [0.2, 0.25) is 51.4 Å². The molecule has 0 saturated carbocycles. The molecule has 8 aromatic rings. The van der Waals surface area contributed by atoms with Gasteiger partial charge in [-0.3, -0.25) is 9.13 Å².